The van der Waals surface area contributed by atoms with E-state index in [4.69, 9.17) is 9.47 Å². The van der Waals surface area contributed by atoms with Crippen molar-refractivity contribution >= 4 is 21.6 Å². The van der Waals surface area contributed by atoms with Crippen LogP contribution in [0, 0.1) is 0 Å². The van der Waals surface area contributed by atoms with E-state index in [1.807, 2.05) is 30.3 Å². The van der Waals surface area contributed by atoms with E-state index in [-0.39, 0.29) is 18.2 Å². The minimum atomic E-state index is -3.75. The van der Waals surface area contributed by atoms with Gasteiger partial charge >= 0.3 is 0 Å². The Morgan fingerprint density at radius 2 is 1.70 bits per heavy atom. The van der Waals surface area contributed by atoms with Crippen molar-refractivity contribution in [3.05, 3.63) is 90.0 Å². The van der Waals surface area contributed by atoms with Crippen LogP contribution in [0.1, 0.15) is 11.1 Å². The van der Waals surface area contributed by atoms with Crippen LogP contribution in [-0.4, -0.2) is 46.0 Å². The highest BCUT2D eigenvalue weighted by Gasteiger charge is 2.37. The second-order valence-electron chi connectivity index (χ2n) is 7.85. The van der Waals surface area contributed by atoms with E-state index in [1.54, 1.807) is 62.7 Å². The van der Waals surface area contributed by atoms with Crippen LogP contribution in [0.5, 0.6) is 11.5 Å². The van der Waals surface area contributed by atoms with Crippen molar-refractivity contribution in [3.63, 3.8) is 0 Å². The fraction of sp³-hybridized carbons (Fsp3) is 0.240. The number of ether oxygens (including phenoxy) is 2. The molecule has 3 aromatic rings. The number of amides is 1. The molecule has 1 atom stereocenters. The summed E-state index contributed by atoms with van der Waals surface area (Å²) >= 11 is 0. The third-order valence-corrected chi connectivity index (χ3v) is 7.23. The largest absolute Gasteiger partial charge is 0.496 e. The maximum atomic E-state index is 13.4. The summed E-state index contributed by atoms with van der Waals surface area (Å²) < 4.78 is 39.3. The molecule has 0 fully saturated rings. The van der Waals surface area contributed by atoms with Crippen molar-refractivity contribution in [2.45, 2.75) is 18.4 Å². The van der Waals surface area contributed by atoms with Crippen molar-refractivity contribution in [1.82, 2.24) is 4.90 Å². The van der Waals surface area contributed by atoms with E-state index in [1.165, 1.54) is 9.21 Å². The van der Waals surface area contributed by atoms with E-state index >= 15 is 0 Å². The van der Waals surface area contributed by atoms with Gasteiger partial charge in [0.15, 0.2) is 6.10 Å². The topological polar surface area (TPSA) is 76.2 Å². The Morgan fingerprint density at radius 1 is 1.03 bits per heavy atom. The number of carbonyl (C=O) groups excluding carboxylic acids is 1. The molecule has 0 bridgehead atoms. The van der Waals surface area contributed by atoms with Gasteiger partial charge in [-0.2, -0.15) is 0 Å². The quantitative estimate of drug-likeness (QED) is 0.533. The number of rotatable bonds is 7. The molecule has 1 heterocycles. The van der Waals surface area contributed by atoms with E-state index < -0.39 is 16.1 Å². The summed E-state index contributed by atoms with van der Waals surface area (Å²) in [6.07, 6.45) is -0.967. The number of fused-ring (bicyclic) bond motifs is 1. The molecule has 0 unspecified atom stereocenters. The van der Waals surface area contributed by atoms with Gasteiger partial charge < -0.3 is 14.4 Å². The van der Waals surface area contributed by atoms with Crippen LogP contribution in [0.3, 0.4) is 0 Å². The second-order valence-corrected chi connectivity index (χ2v) is 9.75. The molecule has 0 saturated carbocycles. The van der Waals surface area contributed by atoms with Gasteiger partial charge in [-0.25, -0.2) is 8.42 Å². The smallest absolute Gasteiger partial charge is 0.265 e. The van der Waals surface area contributed by atoms with Gasteiger partial charge in [0.25, 0.3) is 5.91 Å². The summed E-state index contributed by atoms with van der Waals surface area (Å²) in [5.74, 6) is 0.569. The predicted octanol–water partition coefficient (Wildman–Crippen LogP) is 3.45. The molecule has 3 aromatic carbocycles. The molecule has 1 amide bonds. The number of carbonyl (C=O) groups is 1. The molecule has 0 saturated heterocycles. The minimum Gasteiger partial charge on any atom is -0.496 e. The van der Waals surface area contributed by atoms with E-state index in [0.29, 0.717) is 29.3 Å². The standard InChI is InChI=1S/C25H26N2O5S/c1-26(16-20-12-6-8-14-22(20)31-2)25(28)24-17-27(21-13-7-9-15-23(21)32-24)33(29,30)18-19-10-4-3-5-11-19/h3-15,24H,16-18H2,1-2H3/t24-/m0/s1. The molecule has 8 heteroatoms. The van der Waals surface area contributed by atoms with Crippen molar-refractivity contribution in [2.24, 2.45) is 0 Å². The molecule has 0 aliphatic carbocycles. The third kappa shape index (κ3) is 4.96. The van der Waals surface area contributed by atoms with Gasteiger partial charge in [-0.15, -0.1) is 0 Å². The van der Waals surface area contributed by atoms with Crippen LogP contribution < -0.4 is 13.8 Å². The molecule has 4 rings (SSSR count). The zero-order chi connectivity index (χ0) is 23.4. The molecule has 0 aromatic heterocycles. The summed E-state index contributed by atoms with van der Waals surface area (Å²) in [7, 11) is -0.500. The van der Waals surface area contributed by atoms with E-state index in [0.717, 1.165) is 5.56 Å². The molecule has 1 aliphatic heterocycles. The Balaban J connectivity index is 1.58. The number of anilines is 1. The first-order valence-electron chi connectivity index (χ1n) is 10.6. The highest BCUT2D eigenvalue weighted by molar-refractivity contribution is 7.92. The molecule has 33 heavy (non-hydrogen) atoms. The van der Waals surface area contributed by atoms with Gasteiger partial charge in [-0.05, 0) is 23.8 Å². The first-order valence-corrected chi connectivity index (χ1v) is 12.2. The highest BCUT2D eigenvalue weighted by atomic mass is 32.2. The minimum absolute atomic E-state index is 0.0960. The van der Waals surface area contributed by atoms with E-state index in [9.17, 15) is 13.2 Å². The van der Waals surface area contributed by atoms with Gasteiger partial charge in [0.05, 0.1) is 25.1 Å². The summed E-state index contributed by atoms with van der Waals surface area (Å²) in [4.78, 5) is 14.8. The molecule has 7 nitrogen and oxygen atoms in total. The number of sulfonamides is 1. The summed E-state index contributed by atoms with van der Waals surface area (Å²) in [6, 6.07) is 23.3. The lowest BCUT2D eigenvalue weighted by Gasteiger charge is -2.36. The average molecular weight is 467 g/mol. The lowest BCUT2D eigenvalue weighted by molar-refractivity contribution is -0.137. The SMILES string of the molecule is COc1ccccc1CN(C)C(=O)[C@@H]1CN(S(=O)(=O)Cc2ccccc2)c2ccccc2O1. The van der Waals surface area contributed by atoms with Crippen molar-refractivity contribution in [3.8, 4) is 11.5 Å². The number of benzene rings is 3. The normalized spacial score (nSPS) is 15.3. The average Bonchev–Trinajstić information content (AvgIpc) is 2.83. The van der Waals surface area contributed by atoms with Gasteiger partial charge in [0.2, 0.25) is 10.0 Å². The summed E-state index contributed by atoms with van der Waals surface area (Å²) in [5.41, 5.74) is 1.96. The van der Waals surface area contributed by atoms with Crippen LogP contribution in [0.2, 0.25) is 0 Å². The third-order valence-electron chi connectivity index (χ3n) is 5.51. The first kappa shape index (κ1) is 22.7. The van der Waals surface area contributed by atoms with Crippen LogP contribution in [0.15, 0.2) is 78.9 Å². The maximum Gasteiger partial charge on any atom is 0.265 e. The van der Waals surface area contributed by atoms with Gasteiger partial charge in [-0.1, -0.05) is 60.7 Å². The Kier molecular flexibility index (Phi) is 6.55. The van der Waals surface area contributed by atoms with Crippen LogP contribution in [0.25, 0.3) is 0 Å². The zero-order valence-corrected chi connectivity index (χ0v) is 19.4. The van der Waals surface area contributed by atoms with Gasteiger partial charge in [-0.3, -0.25) is 9.10 Å². The summed E-state index contributed by atoms with van der Waals surface area (Å²) in [6.45, 7) is 0.211. The first-order chi connectivity index (χ1) is 15.9. The molecular formula is C25H26N2O5S. The number of methoxy groups -OCH3 is 1. The number of likely N-dealkylation sites (N-methyl/N-ethyl adjacent to an activating group) is 1. The molecule has 0 N–H and O–H groups in total. The Bertz CT molecular complexity index is 1230. The summed E-state index contributed by atoms with van der Waals surface area (Å²) in [5, 5.41) is 0. The van der Waals surface area contributed by atoms with Crippen molar-refractivity contribution in [2.75, 3.05) is 25.0 Å². The zero-order valence-electron chi connectivity index (χ0n) is 18.5. The number of para-hydroxylation sites is 3. The molecular weight excluding hydrogens is 440 g/mol. The van der Waals surface area contributed by atoms with Gasteiger partial charge in [0, 0.05) is 19.2 Å². The fourth-order valence-electron chi connectivity index (χ4n) is 3.87. The number of nitrogens with zero attached hydrogens (tertiary/aromatic N) is 2. The fourth-order valence-corrected chi connectivity index (χ4v) is 5.45. The van der Waals surface area contributed by atoms with Crippen molar-refractivity contribution < 1.29 is 22.7 Å². The highest BCUT2D eigenvalue weighted by Crippen LogP contribution is 2.36. The monoisotopic (exact) mass is 466 g/mol. The molecule has 1 aliphatic rings. The lowest BCUT2D eigenvalue weighted by atomic mass is 10.1. The Morgan fingerprint density at radius 3 is 2.45 bits per heavy atom. The molecule has 0 spiro atoms. The lowest BCUT2D eigenvalue weighted by Crippen LogP contribution is -2.51. The van der Waals surface area contributed by atoms with Gasteiger partial charge in [0.1, 0.15) is 11.5 Å². The number of hydrogen-bond acceptors (Lipinski definition) is 5. The Hall–Kier alpha value is -3.52. The Labute approximate surface area is 194 Å². The number of hydrogen-bond donors (Lipinski definition) is 0. The van der Waals surface area contributed by atoms with Crippen molar-refractivity contribution in [1.29, 1.82) is 0 Å². The molecule has 172 valence electrons. The van der Waals surface area contributed by atoms with Crippen LogP contribution in [-0.2, 0) is 27.1 Å². The second kappa shape index (κ2) is 9.54. The maximum absolute atomic E-state index is 13.4. The van der Waals surface area contributed by atoms with E-state index in [2.05, 4.69) is 0 Å². The van der Waals surface area contributed by atoms with Crippen LogP contribution in [0.4, 0.5) is 5.69 Å². The van der Waals surface area contributed by atoms with Crippen LogP contribution >= 0.6 is 0 Å². The molecule has 0 radical (unpaired) electrons. The predicted molar refractivity (Wildman–Crippen MR) is 127 cm³/mol.